The van der Waals surface area contributed by atoms with Gasteiger partial charge in [0, 0.05) is 10.6 Å². The molecule has 0 saturated heterocycles. The van der Waals surface area contributed by atoms with E-state index in [4.69, 9.17) is 16.3 Å². The predicted octanol–water partition coefficient (Wildman–Crippen LogP) is 4.04. The lowest BCUT2D eigenvalue weighted by Gasteiger charge is -2.14. The molecule has 0 amide bonds. The number of benzene rings is 2. The molecule has 1 unspecified atom stereocenters. The van der Waals surface area contributed by atoms with E-state index in [0.717, 1.165) is 0 Å². The van der Waals surface area contributed by atoms with E-state index in [2.05, 4.69) is 0 Å². The van der Waals surface area contributed by atoms with E-state index in [1.165, 1.54) is 19.1 Å². The number of hydrogen-bond acceptors (Lipinski definition) is 2. The van der Waals surface area contributed by atoms with Gasteiger partial charge in [0.1, 0.15) is 18.5 Å². The summed E-state index contributed by atoms with van der Waals surface area (Å²) in [5, 5.41) is 10.4. The second-order valence-electron chi connectivity index (χ2n) is 4.38. The third-order valence-corrected chi connectivity index (χ3v) is 3.10. The summed E-state index contributed by atoms with van der Waals surface area (Å²) in [5.74, 6) is -1.55. The lowest BCUT2D eigenvalue weighted by Crippen LogP contribution is -2.12. The molecule has 2 aromatic carbocycles. The van der Waals surface area contributed by atoms with Crippen LogP contribution in [0.15, 0.2) is 36.4 Å². The van der Waals surface area contributed by atoms with Crippen molar-refractivity contribution < 1.29 is 18.6 Å². The first-order chi connectivity index (χ1) is 9.49. The van der Waals surface area contributed by atoms with Crippen molar-refractivity contribution in [3.63, 3.8) is 0 Å². The van der Waals surface area contributed by atoms with Gasteiger partial charge in [-0.3, -0.25) is 0 Å². The van der Waals surface area contributed by atoms with E-state index in [-0.39, 0.29) is 17.7 Å². The average Bonchev–Trinajstić information content (AvgIpc) is 2.42. The number of aryl methyl sites for hydroxylation is 1. The molecule has 0 bridgehead atoms. The fourth-order valence-electron chi connectivity index (χ4n) is 1.74. The lowest BCUT2D eigenvalue weighted by molar-refractivity contribution is 0.104. The molecule has 0 aliphatic carbocycles. The summed E-state index contributed by atoms with van der Waals surface area (Å²) >= 11 is 5.79. The Morgan fingerprint density at radius 3 is 2.65 bits per heavy atom. The molecule has 0 saturated carbocycles. The SMILES string of the molecule is Cc1ccc(C(O)COc2cccc(Cl)c2)c(F)c1F. The molecule has 106 valence electrons. The summed E-state index contributed by atoms with van der Waals surface area (Å²) in [4.78, 5) is 0. The average molecular weight is 299 g/mol. The third kappa shape index (κ3) is 3.26. The minimum Gasteiger partial charge on any atom is -0.490 e. The first kappa shape index (κ1) is 14.8. The molecule has 0 aromatic heterocycles. The van der Waals surface area contributed by atoms with Crippen molar-refractivity contribution >= 4 is 11.6 Å². The van der Waals surface area contributed by atoms with Crippen LogP contribution in [0.1, 0.15) is 17.2 Å². The van der Waals surface area contributed by atoms with Crippen LogP contribution in [0.2, 0.25) is 5.02 Å². The molecule has 0 heterocycles. The Hall–Kier alpha value is -1.65. The first-order valence-corrected chi connectivity index (χ1v) is 6.37. The van der Waals surface area contributed by atoms with Crippen LogP contribution in [-0.4, -0.2) is 11.7 Å². The topological polar surface area (TPSA) is 29.5 Å². The first-order valence-electron chi connectivity index (χ1n) is 6.00. The van der Waals surface area contributed by atoms with Crippen LogP contribution in [0.4, 0.5) is 8.78 Å². The number of halogens is 3. The Morgan fingerprint density at radius 2 is 1.95 bits per heavy atom. The van der Waals surface area contributed by atoms with Gasteiger partial charge in [0.2, 0.25) is 0 Å². The Kier molecular flexibility index (Phi) is 4.57. The number of ether oxygens (including phenoxy) is 1. The van der Waals surface area contributed by atoms with Gasteiger partial charge in [-0.25, -0.2) is 8.78 Å². The molecule has 5 heteroatoms. The quantitative estimate of drug-likeness (QED) is 0.923. The number of aliphatic hydroxyl groups is 1. The second-order valence-corrected chi connectivity index (χ2v) is 4.82. The summed E-state index contributed by atoms with van der Waals surface area (Å²) in [5.41, 5.74) is 0.0596. The largest absolute Gasteiger partial charge is 0.490 e. The van der Waals surface area contributed by atoms with Gasteiger partial charge in [-0.1, -0.05) is 29.8 Å². The molecule has 1 atom stereocenters. The van der Waals surface area contributed by atoms with E-state index in [1.54, 1.807) is 24.3 Å². The fraction of sp³-hybridized carbons (Fsp3) is 0.200. The molecule has 2 rings (SSSR count). The van der Waals surface area contributed by atoms with Crippen molar-refractivity contribution in [3.05, 3.63) is 64.2 Å². The van der Waals surface area contributed by atoms with Gasteiger partial charge in [0.25, 0.3) is 0 Å². The molecular formula is C15H13ClF2O2. The summed E-state index contributed by atoms with van der Waals surface area (Å²) < 4.78 is 32.4. The Bertz CT molecular complexity index is 617. The molecule has 20 heavy (non-hydrogen) atoms. The van der Waals surface area contributed by atoms with Gasteiger partial charge in [-0.2, -0.15) is 0 Å². The van der Waals surface area contributed by atoms with Gasteiger partial charge in [-0.15, -0.1) is 0 Å². The zero-order chi connectivity index (χ0) is 14.7. The summed E-state index contributed by atoms with van der Waals surface area (Å²) in [6.07, 6.45) is -1.26. The molecule has 0 fully saturated rings. The molecule has 0 aliphatic rings. The standard InChI is InChI=1S/C15H13ClF2O2/c1-9-5-6-12(15(18)14(9)17)13(19)8-20-11-4-2-3-10(16)7-11/h2-7,13,19H,8H2,1H3. The molecule has 0 spiro atoms. The Labute approximate surface area is 120 Å². The third-order valence-electron chi connectivity index (χ3n) is 2.87. The molecular weight excluding hydrogens is 286 g/mol. The van der Waals surface area contributed by atoms with Crippen molar-refractivity contribution in [2.24, 2.45) is 0 Å². The molecule has 2 aromatic rings. The van der Waals surface area contributed by atoms with Crippen LogP contribution in [-0.2, 0) is 0 Å². The molecule has 0 aliphatic heterocycles. The van der Waals surface area contributed by atoms with Crippen LogP contribution in [0.25, 0.3) is 0 Å². The monoisotopic (exact) mass is 298 g/mol. The van der Waals surface area contributed by atoms with E-state index >= 15 is 0 Å². The van der Waals surface area contributed by atoms with Crippen molar-refractivity contribution in [1.82, 2.24) is 0 Å². The highest BCUT2D eigenvalue weighted by atomic mass is 35.5. The number of rotatable bonds is 4. The van der Waals surface area contributed by atoms with E-state index in [1.807, 2.05) is 0 Å². The zero-order valence-electron chi connectivity index (χ0n) is 10.7. The van der Waals surface area contributed by atoms with Gasteiger partial charge in [-0.05, 0) is 30.7 Å². The fourth-order valence-corrected chi connectivity index (χ4v) is 1.92. The highest BCUT2D eigenvalue weighted by molar-refractivity contribution is 6.30. The van der Waals surface area contributed by atoms with Crippen molar-refractivity contribution in [1.29, 1.82) is 0 Å². The van der Waals surface area contributed by atoms with Crippen LogP contribution in [0.3, 0.4) is 0 Å². The van der Waals surface area contributed by atoms with Crippen molar-refractivity contribution in [2.75, 3.05) is 6.61 Å². The van der Waals surface area contributed by atoms with E-state index in [9.17, 15) is 13.9 Å². The van der Waals surface area contributed by atoms with Crippen LogP contribution in [0.5, 0.6) is 5.75 Å². The van der Waals surface area contributed by atoms with Crippen molar-refractivity contribution in [3.8, 4) is 5.75 Å². The minimum atomic E-state index is -1.26. The maximum absolute atomic E-state index is 13.7. The normalized spacial score (nSPS) is 12.2. The van der Waals surface area contributed by atoms with Crippen molar-refractivity contribution in [2.45, 2.75) is 13.0 Å². The maximum atomic E-state index is 13.7. The number of aliphatic hydroxyl groups excluding tert-OH is 1. The zero-order valence-corrected chi connectivity index (χ0v) is 11.5. The molecule has 2 nitrogen and oxygen atoms in total. The number of hydrogen-bond donors (Lipinski definition) is 1. The maximum Gasteiger partial charge on any atom is 0.165 e. The van der Waals surface area contributed by atoms with E-state index < -0.39 is 17.7 Å². The highest BCUT2D eigenvalue weighted by Gasteiger charge is 2.18. The molecule has 1 N–H and O–H groups in total. The van der Waals surface area contributed by atoms with Crippen LogP contribution < -0.4 is 4.74 Å². The van der Waals surface area contributed by atoms with E-state index in [0.29, 0.717) is 10.8 Å². The minimum absolute atomic E-state index is 0.130. The lowest BCUT2D eigenvalue weighted by atomic mass is 10.1. The summed E-state index contributed by atoms with van der Waals surface area (Å²) in [6.45, 7) is 1.26. The van der Waals surface area contributed by atoms with Gasteiger partial charge in [0.15, 0.2) is 11.6 Å². The predicted molar refractivity (Wildman–Crippen MR) is 73.0 cm³/mol. The highest BCUT2D eigenvalue weighted by Crippen LogP contribution is 2.23. The molecule has 0 radical (unpaired) electrons. The second kappa shape index (κ2) is 6.20. The van der Waals surface area contributed by atoms with Crippen LogP contribution in [0, 0.1) is 18.6 Å². The van der Waals surface area contributed by atoms with Gasteiger partial charge >= 0.3 is 0 Å². The Balaban J connectivity index is 2.09. The van der Waals surface area contributed by atoms with Crippen LogP contribution >= 0.6 is 11.6 Å². The van der Waals surface area contributed by atoms with Gasteiger partial charge in [0.05, 0.1) is 0 Å². The van der Waals surface area contributed by atoms with Gasteiger partial charge < -0.3 is 9.84 Å². The Morgan fingerprint density at radius 1 is 1.20 bits per heavy atom. The smallest absolute Gasteiger partial charge is 0.165 e. The summed E-state index contributed by atoms with van der Waals surface area (Å²) in [7, 11) is 0. The summed E-state index contributed by atoms with van der Waals surface area (Å²) in [6, 6.07) is 9.36.